The fourth-order valence-corrected chi connectivity index (χ4v) is 6.42. The van der Waals surface area contributed by atoms with Crippen LogP contribution in [-0.2, 0) is 13.0 Å². The summed E-state index contributed by atoms with van der Waals surface area (Å²) in [4.78, 5) is 11.0. The molecule has 3 nitrogen and oxygen atoms in total. The molecule has 1 aromatic heterocycles. The van der Waals surface area contributed by atoms with Gasteiger partial charge >= 0.3 is 0 Å². The van der Waals surface area contributed by atoms with E-state index >= 15 is 0 Å². The molecule has 2 unspecified atom stereocenters. The van der Waals surface area contributed by atoms with Crippen LogP contribution in [0, 0.1) is 13.8 Å². The number of allylic oxidation sites excluding steroid dienone is 1. The summed E-state index contributed by atoms with van der Waals surface area (Å²) in [6.45, 7) is 23.1. The fraction of sp³-hybridized carbons (Fsp3) is 0.433. The van der Waals surface area contributed by atoms with Crippen molar-refractivity contribution in [2.75, 3.05) is 6.54 Å². The number of piperidine rings is 1. The summed E-state index contributed by atoms with van der Waals surface area (Å²) in [5.74, 6) is 0. The molecular weight excluding hydrogens is 434 g/mol. The Morgan fingerprint density at radius 2 is 2.09 bits per heavy atom. The van der Waals surface area contributed by atoms with Crippen LogP contribution in [0.25, 0.3) is 11.4 Å². The summed E-state index contributed by atoms with van der Waals surface area (Å²) in [6.07, 6.45) is 12.1. The van der Waals surface area contributed by atoms with Crippen LogP contribution in [0.2, 0.25) is 0 Å². The van der Waals surface area contributed by atoms with Gasteiger partial charge in [-0.05, 0) is 69.9 Å². The Kier molecular flexibility index (Phi) is 7.77. The molecule has 4 heteroatoms. The van der Waals surface area contributed by atoms with Gasteiger partial charge in [-0.1, -0.05) is 43.5 Å². The number of benzene rings is 1. The van der Waals surface area contributed by atoms with Gasteiger partial charge in [0.1, 0.15) is 0 Å². The van der Waals surface area contributed by atoms with Crippen LogP contribution in [-0.4, -0.2) is 33.4 Å². The molecular formula is C30H39N3S. The number of hydrogen-bond acceptors (Lipinski definition) is 4. The van der Waals surface area contributed by atoms with Crippen LogP contribution in [0.1, 0.15) is 70.8 Å². The summed E-state index contributed by atoms with van der Waals surface area (Å²) in [7, 11) is 0. The van der Waals surface area contributed by atoms with Gasteiger partial charge in [0.25, 0.3) is 0 Å². The first-order valence-corrected chi connectivity index (χ1v) is 13.5. The Morgan fingerprint density at radius 1 is 1.26 bits per heavy atom. The molecule has 4 rings (SSSR count). The minimum absolute atomic E-state index is 0.306. The molecule has 0 N–H and O–H groups in total. The second-order valence-electron chi connectivity index (χ2n) is 9.70. The monoisotopic (exact) mass is 473 g/mol. The Labute approximate surface area is 210 Å². The molecule has 0 saturated carbocycles. The minimum Gasteiger partial charge on any atom is -0.367 e. The van der Waals surface area contributed by atoms with E-state index in [1.807, 2.05) is 6.08 Å². The van der Waals surface area contributed by atoms with Crippen molar-refractivity contribution in [3.05, 3.63) is 88.9 Å². The van der Waals surface area contributed by atoms with Gasteiger partial charge in [0.05, 0.1) is 16.4 Å². The molecule has 34 heavy (non-hydrogen) atoms. The summed E-state index contributed by atoms with van der Waals surface area (Å²) in [6, 6.07) is 7.83. The van der Waals surface area contributed by atoms with E-state index in [1.165, 1.54) is 40.8 Å². The number of fused-ring (bicyclic) bond motifs is 1. The maximum absolute atomic E-state index is 4.78. The zero-order valence-corrected chi connectivity index (χ0v) is 21.8. The van der Waals surface area contributed by atoms with Gasteiger partial charge in [0.2, 0.25) is 0 Å². The molecule has 1 saturated heterocycles. The van der Waals surface area contributed by atoms with E-state index in [0.717, 1.165) is 60.9 Å². The lowest BCUT2D eigenvalue weighted by molar-refractivity contribution is 0.216. The second-order valence-corrected chi connectivity index (χ2v) is 11.1. The Balaban J connectivity index is 1.43. The molecule has 2 atom stereocenters. The van der Waals surface area contributed by atoms with Crippen molar-refractivity contribution in [2.45, 2.75) is 77.4 Å². The first-order chi connectivity index (χ1) is 16.4. The summed E-state index contributed by atoms with van der Waals surface area (Å²) in [5.41, 5.74) is 7.44. The standard InChI is InChI=1S/C30H39N3S/c1-7-9-12-27(8-2)33-20-26-19-25(15-17-29(26)21(33)3)14-16-28-13-10-11-18-32(28)22(4)30-23(5)34-24(6)31-30/h7-8,15,17,19,27-28H,1-4,9-14,16,18,20H2,5-6H3. The molecule has 0 aliphatic carbocycles. The molecule has 3 heterocycles. The highest BCUT2D eigenvalue weighted by molar-refractivity contribution is 7.11. The number of likely N-dealkylation sites (tertiary alicyclic amines) is 1. The van der Waals surface area contributed by atoms with Crippen molar-refractivity contribution in [1.29, 1.82) is 0 Å². The number of thiazole rings is 1. The number of nitrogens with zero attached hydrogens (tertiary/aromatic N) is 3. The van der Waals surface area contributed by atoms with Gasteiger partial charge in [-0.25, -0.2) is 4.98 Å². The molecule has 2 aliphatic rings. The quantitative estimate of drug-likeness (QED) is 0.333. The maximum atomic E-state index is 4.78. The van der Waals surface area contributed by atoms with E-state index in [4.69, 9.17) is 4.98 Å². The molecule has 0 radical (unpaired) electrons. The number of hydrogen-bond donors (Lipinski definition) is 0. The Morgan fingerprint density at radius 3 is 2.79 bits per heavy atom. The van der Waals surface area contributed by atoms with E-state index < -0.39 is 0 Å². The molecule has 0 amide bonds. The van der Waals surface area contributed by atoms with Gasteiger partial charge in [0.15, 0.2) is 0 Å². The summed E-state index contributed by atoms with van der Waals surface area (Å²) in [5, 5.41) is 1.12. The average Bonchev–Trinajstić information content (AvgIpc) is 3.35. The second kappa shape index (κ2) is 10.8. The first-order valence-electron chi connectivity index (χ1n) is 12.6. The molecule has 1 fully saturated rings. The Bertz CT molecular complexity index is 1080. The van der Waals surface area contributed by atoms with Crippen molar-refractivity contribution >= 4 is 22.7 Å². The molecule has 2 aromatic rings. The van der Waals surface area contributed by atoms with E-state index in [2.05, 4.69) is 74.2 Å². The summed E-state index contributed by atoms with van der Waals surface area (Å²) >= 11 is 1.77. The average molecular weight is 474 g/mol. The maximum Gasteiger partial charge on any atom is 0.0998 e. The Hall–Kier alpha value is -2.59. The third kappa shape index (κ3) is 5.07. The molecule has 180 valence electrons. The van der Waals surface area contributed by atoms with Gasteiger partial charge in [-0.3, -0.25) is 0 Å². The van der Waals surface area contributed by atoms with Crippen LogP contribution in [0.5, 0.6) is 0 Å². The molecule has 1 aromatic carbocycles. The zero-order chi connectivity index (χ0) is 24.2. The third-order valence-electron chi connectivity index (χ3n) is 7.42. The fourth-order valence-electron chi connectivity index (χ4n) is 5.58. The number of aryl methyl sites for hydroxylation is 3. The molecule has 2 aliphatic heterocycles. The third-order valence-corrected chi connectivity index (χ3v) is 8.31. The minimum atomic E-state index is 0.306. The highest BCUT2D eigenvalue weighted by Gasteiger charge is 2.28. The molecule has 0 bridgehead atoms. The van der Waals surface area contributed by atoms with E-state index in [9.17, 15) is 0 Å². The lowest BCUT2D eigenvalue weighted by Crippen LogP contribution is -2.38. The van der Waals surface area contributed by atoms with Crippen LogP contribution >= 0.6 is 11.3 Å². The van der Waals surface area contributed by atoms with Crippen LogP contribution in [0.3, 0.4) is 0 Å². The van der Waals surface area contributed by atoms with E-state index in [0.29, 0.717) is 12.1 Å². The van der Waals surface area contributed by atoms with Crippen molar-refractivity contribution < 1.29 is 0 Å². The van der Waals surface area contributed by atoms with Gasteiger partial charge in [-0.2, -0.15) is 0 Å². The molecule has 0 spiro atoms. The first kappa shape index (κ1) is 24.5. The SMILES string of the molecule is C=CCCC(C=C)N1Cc2cc(CCC3CCCCN3C(=C)c3nc(C)sc3C)ccc2C1=C. The smallest absolute Gasteiger partial charge is 0.0998 e. The normalized spacial score (nSPS) is 18.6. The van der Waals surface area contributed by atoms with Crippen LogP contribution < -0.4 is 0 Å². The van der Waals surface area contributed by atoms with Crippen molar-refractivity contribution in [1.82, 2.24) is 14.8 Å². The van der Waals surface area contributed by atoms with Crippen molar-refractivity contribution in [3.63, 3.8) is 0 Å². The zero-order valence-electron chi connectivity index (χ0n) is 21.0. The lowest BCUT2D eigenvalue weighted by atomic mass is 9.94. The van der Waals surface area contributed by atoms with Crippen LogP contribution in [0.15, 0.2) is 56.7 Å². The highest BCUT2D eigenvalue weighted by atomic mass is 32.1. The van der Waals surface area contributed by atoms with Crippen molar-refractivity contribution in [2.24, 2.45) is 0 Å². The summed E-state index contributed by atoms with van der Waals surface area (Å²) < 4.78 is 0. The largest absolute Gasteiger partial charge is 0.367 e. The topological polar surface area (TPSA) is 19.4 Å². The highest BCUT2D eigenvalue weighted by Crippen LogP contribution is 2.36. The van der Waals surface area contributed by atoms with Gasteiger partial charge in [-0.15, -0.1) is 24.5 Å². The predicted octanol–water partition coefficient (Wildman–Crippen LogP) is 7.53. The van der Waals surface area contributed by atoms with Crippen LogP contribution in [0.4, 0.5) is 0 Å². The van der Waals surface area contributed by atoms with E-state index in [1.54, 1.807) is 11.3 Å². The van der Waals surface area contributed by atoms with Gasteiger partial charge < -0.3 is 9.80 Å². The number of rotatable bonds is 10. The lowest BCUT2D eigenvalue weighted by Gasteiger charge is -2.38. The number of aromatic nitrogens is 1. The van der Waals surface area contributed by atoms with Gasteiger partial charge in [0, 0.05) is 41.3 Å². The predicted molar refractivity (Wildman–Crippen MR) is 148 cm³/mol. The van der Waals surface area contributed by atoms with E-state index in [-0.39, 0.29) is 0 Å². The van der Waals surface area contributed by atoms with Crippen molar-refractivity contribution in [3.8, 4) is 0 Å².